The fraction of sp³-hybridized carbons (Fsp3) is 0.385. The first kappa shape index (κ1) is 13.3. The Morgan fingerprint density at radius 1 is 1.30 bits per heavy atom. The maximum absolute atomic E-state index is 12.4. The second-order valence-electron chi connectivity index (χ2n) is 4.97. The van der Waals surface area contributed by atoms with Gasteiger partial charge >= 0.3 is 0 Å². The van der Waals surface area contributed by atoms with Crippen molar-refractivity contribution in [3.63, 3.8) is 0 Å². The molecule has 0 N–H and O–H groups in total. The van der Waals surface area contributed by atoms with Crippen molar-refractivity contribution in [2.24, 2.45) is 0 Å². The van der Waals surface area contributed by atoms with E-state index in [0.717, 1.165) is 5.56 Å². The topological polar surface area (TPSA) is 77.4 Å². The molecule has 1 fully saturated rings. The van der Waals surface area contributed by atoms with Crippen molar-refractivity contribution >= 4 is 9.84 Å². The summed E-state index contributed by atoms with van der Waals surface area (Å²) in [7, 11) is -3.60. The van der Waals surface area contributed by atoms with Crippen molar-refractivity contribution in [1.82, 2.24) is 15.0 Å². The van der Waals surface area contributed by atoms with E-state index >= 15 is 0 Å². The smallest absolute Gasteiger partial charge is 0.227 e. The first-order chi connectivity index (χ1) is 9.46. The van der Waals surface area contributed by atoms with Gasteiger partial charge in [0, 0.05) is 0 Å². The van der Waals surface area contributed by atoms with Crippen LogP contribution in [0.3, 0.4) is 0 Å². The highest BCUT2D eigenvalue weighted by Gasteiger charge is 2.35. The number of benzene rings is 1. The van der Waals surface area contributed by atoms with Crippen molar-refractivity contribution in [2.75, 3.05) is 0 Å². The number of aryl methyl sites for hydroxylation is 1. The maximum atomic E-state index is 12.4. The average Bonchev–Trinajstić information content (AvgIpc) is 2.90. The Balaban J connectivity index is 1.85. The third-order valence-electron chi connectivity index (χ3n) is 3.33. The number of rotatable bonds is 4. The van der Waals surface area contributed by atoms with Crippen LogP contribution < -0.4 is 0 Å². The molecule has 1 aliphatic heterocycles. The average molecular weight is 293 g/mol. The zero-order valence-electron chi connectivity index (χ0n) is 11.2. The lowest BCUT2D eigenvalue weighted by atomic mass is 10.2. The van der Waals surface area contributed by atoms with E-state index < -0.39 is 9.84 Å². The van der Waals surface area contributed by atoms with Crippen molar-refractivity contribution in [3.8, 4) is 0 Å². The SMILES string of the molecule is Cc1ccc(S(=O)(=O)c2cn(CC3OC3C)nn2)cc1. The largest absolute Gasteiger partial charge is 0.368 e. The summed E-state index contributed by atoms with van der Waals surface area (Å²) in [5.74, 6) is 0. The third-order valence-corrected chi connectivity index (χ3v) is 4.96. The Bertz CT molecular complexity index is 722. The number of hydrogen-bond donors (Lipinski definition) is 0. The first-order valence-corrected chi connectivity index (χ1v) is 7.82. The van der Waals surface area contributed by atoms with Gasteiger partial charge in [-0.25, -0.2) is 13.1 Å². The van der Waals surface area contributed by atoms with Gasteiger partial charge in [-0.05, 0) is 26.0 Å². The molecule has 7 heteroatoms. The van der Waals surface area contributed by atoms with Crippen molar-refractivity contribution in [3.05, 3.63) is 36.0 Å². The molecule has 0 spiro atoms. The summed E-state index contributed by atoms with van der Waals surface area (Å²) < 4.78 is 31.5. The molecule has 0 bridgehead atoms. The van der Waals surface area contributed by atoms with E-state index in [1.54, 1.807) is 24.3 Å². The maximum Gasteiger partial charge on any atom is 0.227 e. The molecular formula is C13H15N3O3S. The van der Waals surface area contributed by atoms with Crippen LogP contribution in [0.2, 0.25) is 0 Å². The Morgan fingerprint density at radius 3 is 2.55 bits per heavy atom. The number of sulfone groups is 1. The molecule has 2 aromatic rings. The van der Waals surface area contributed by atoms with Gasteiger partial charge in [0.05, 0.1) is 23.7 Å². The molecule has 2 unspecified atom stereocenters. The third kappa shape index (κ3) is 2.46. The Kier molecular flexibility index (Phi) is 3.10. The molecule has 0 aliphatic carbocycles. The zero-order valence-corrected chi connectivity index (χ0v) is 12.0. The van der Waals surface area contributed by atoms with Crippen LogP contribution in [0.5, 0.6) is 0 Å². The molecule has 0 saturated carbocycles. The van der Waals surface area contributed by atoms with Crippen LogP contribution in [0.15, 0.2) is 40.4 Å². The molecular weight excluding hydrogens is 278 g/mol. The monoisotopic (exact) mass is 293 g/mol. The molecule has 0 amide bonds. The van der Waals surface area contributed by atoms with E-state index in [-0.39, 0.29) is 22.1 Å². The number of nitrogens with zero attached hydrogens (tertiary/aromatic N) is 3. The van der Waals surface area contributed by atoms with Crippen LogP contribution >= 0.6 is 0 Å². The summed E-state index contributed by atoms with van der Waals surface area (Å²) in [4.78, 5) is 0.228. The van der Waals surface area contributed by atoms with Crippen LogP contribution in [-0.4, -0.2) is 35.6 Å². The van der Waals surface area contributed by atoms with Gasteiger partial charge in [-0.1, -0.05) is 22.9 Å². The quantitative estimate of drug-likeness (QED) is 0.792. The number of epoxide rings is 1. The van der Waals surface area contributed by atoms with Gasteiger partial charge in [0.1, 0.15) is 6.10 Å². The van der Waals surface area contributed by atoms with E-state index in [9.17, 15) is 8.42 Å². The summed E-state index contributed by atoms with van der Waals surface area (Å²) in [6.45, 7) is 4.40. The number of ether oxygens (including phenoxy) is 1. The van der Waals surface area contributed by atoms with Crippen molar-refractivity contribution in [2.45, 2.75) is 42.5 Å². The van der Waals surface area contributed by atoms with E-state index in [4.69, 9.17) is 4.74 Å². The normalized spacial score (nSPS) is 21.9. The summed E-state index contributed by atoms with van der Waals surface area (Å²) >= 11 is 0. The highest BCUT2D eigenvalue weighted by molar-refractivity contribution is 7.91. The highest BCUT2D eigenvalue weighted by Crippen LogP contribution is 2.23. The Labute approximate surface area is 117 Å². The van der Waals surface area contributed by atoms with Crippen molar-refractivity contribution in [1.29, 1.82) is 0 Å². The van der Waals surface area contributed by atoms with Gasteiger partial charge < -0.3 is 4.74 Å². The molecule has 1 saturated heterocycles. The molecule has 3 rings (SSSR count). The molecule has 106 valence electrons. The fourth-order valence-corrected chi connectivity index (χ4v) is 3.08. The van der Waals surface area contributed by atoms with Gasteiger partial charge in [0.2, 0.25) is 14.9 Å². The second-order valence-corrected chi connectivity index (χ2v) is 6.87. The van der Waals surface area contributed by atoms with Crippen molar-refractivity contribution < 1.29 is 13.2 Å². The van der Waals surface area contributed by atoms with Crippen LogP contribution in [-0.2, 0) is 21.1 Å². The van der Waals surface area contributed by atoms with E-state index in [2.05, 4.69) is 10.3 Å². The Hall–Kier alpha value is -1.73. The zero-order chi connectivity index (χ0) is 14.3. The van der Waals surface area contributed by atoms with Crippen LogP contribution in [0.4, 0.5) is 0 Å². The van der Waals surface area contributed by atoms with Crippen LogP contribution in [0.25, 0.3) is 0 Å². The minimum atomic E-state index is -3.60. The lowest BCUT2D eigenvalue weighted by molar-refractivity contribution is 0.352. The van der Waals surface area contributed by atoms with Crippen LogP contribution in [0.1, 0.15) is 12.5 Å². The number of hydrogen-bond acceptors (Lipinski definition) is 5. The fourth-order valence-electron chi connectivity index (χ4n) is 1.94. The van der Waals surface area contributed by atoms with Gasteiger partial charge in [0.25, 0.3) is 0 Å². The van der Waals surface area contributed by atoms with E-state index in [1.165, 1.54) is 10.9 Å². The summed E-state index contributed by atoms with van der Waals surface area (Å²) in [6.07, 6.45) is 1.76. The standard InChI is InChI=1S/C13H15N3O3S/c1-9-3-5-11(6-4-9)20(17,18)13-8-16(15-14-13)7-12-10(2)19-12/h3-6,8,10,12H,7H2,1-2H3. The minimum absolute atomic E-state index is 0.0327. The summed E-state index contributed by atoms with van der Waals surface area (Å²) in [5, 5.41) is 7.58. The summed E-state index contributed by atoms with van der Waals surface area (Å²) in [6, 6.07) is 6.68. The number of aromatic nitrogens is 3. The molecule has 0 radical (unpaired) electrons. The van der Waals surface area contributed by atoms with Gasteiger partial charge in [-0.15, -0.1) is 5.10 Å². The molecule has 2 atom stereocenters. The second kappa shape index (κ2) is 4.68. The van der Waals surface area contributed by atoms with Crippen LogP contribution in [0, 0.1) is 6.92 Å². The molecule has 2 heterocycles. The predicted octanol–water partition coefficient (Wildman–Crippen LogP) is 1.21. The van der Waals surface area contributed by atoms with E-state index in [0.29, 0.717) is 6.54 Å². The first-order valence-electron chi connectivity index (χ1n) is 6.34. The van der Waals surface area contributed by atoms with Gasteiger partial charge in [-0.2, -0.15) is 0 Å². The lowest BCUT2D eigenvalue weighted by Gasteiger charge is -2.00. The highest BCUT2D eigenvalue weighted by atomic mass is 32.2. The molecule has 1 aromatic heterocycles. The lowest BCUT2D eigenvalue weighted by Crippen LogP contribution is -2.06. The molecule has 1 aliphatic rings. The molecule has 1 aromatic carbocycles. The van der Waals surface area contributed by atoms with E-state index in [1.807, 2.05) is 13.8 Å². The minimum Gasteiger partial charge on any atom is -0.368 e. The van der Waals surface area contributed by atoms with Gasteiger partial charge in [0.15, 0.2) is 0 Å². The molecule has 20 heavy (non-hydrogen) atoms. The summed E-state index contributed by atoms with van der Waals surface area (Å²) in [5.41, 5.74) is 1.01. The predicted molar refractivity (Wildman–Crippen MR) is 71.0 cm³/mol. The molecule has 6 nitrogen and oxygen atoms in total. The van der Waals surface area contributed by atoms with Gasteiger partial charge in [-0.3, -0.25) is 0 Å². The Morgan fingerprint density at radius 2 is 1.95 bits per heavy atom.